The number of rotatable bonds is 5. The average Bonchev–Trinajstić information content (AvgIpc) is 2.16. The topological polar surface area (TPSA) is 64.3 Å². The number of carbonyl (C=O) groups is 1. The van der Waals surface area contributed by atoms with Crippen LogP contribution >= 0.6 is 0 Å². The lowest BCUT2D eigenvalue weighted by Crippen LogP contribution is -2.43. The predicted octanol–water partition coefficient (Wildman–Crippen LogP) is 1.45. The van der Waals surface area contributed by atoms with Crippen molar-refractivity contribution in [1.82, 2.24) is 5.48 Å². The molecule has 4 heteroatoms. The van der Waals surface area contributed by atoms with E-state index in [1.807, 2.05) is 0 Å². The van der Waals surface area contributed by atoms with E-state index >= 15 is 0 Å². The summed E-state index contributed by atoms with van der Waals surface area (Å²) in [5.41, 5.74) is 8.04. The standard InChI is InChI=1S/C12H24N2O2/c1-8(2)10-5-4-9(3)6-11(10)14-16-7-12(13)15/h8-11,14H,4-7H2,1-3H3,(H2,13,15). The molecule has 3 N–H and O–H groups in total. The first-order chi connectivity index (χ1) is 7.50. The van der Waals surface area contributed by atoms with Crippen LogP contribution in [0.1, 0.15) is 40.0 Å². The molecule has 4 nitrogen and oxygen atoms in total. The molecule has 3 unspecified atom stereocenters. The summed E-state index contributed by atoms with van der Waals surface area (Å²) in [5.74, 6) is 1.56. The van der Waals surface area contributed by atoms with Gasteiger partial charge in [0, 0.05) is 6.04 Å². The molecular formula is C12H24N2O2. The van der Waals surface area contributed by atoms with Gasteiger partial charge in [-0.3, -0.25) is 9.63 Å². The summed E-state index contributed by atoms with van der Waals surface area (Å²) in [4.78, 5) is 15.7. The van der Waals surface area contributed by atoms with Gasteiger partial charge in [-0.1, -0.05) is 27.2 Å². The second-order valence-electron chi connectivity index (χ2n) is 5.31. The van der Waals surface area contributed by atoms with E-state index in [1.165, 1.54) is 12.8 Å². The van der Waals surface area contributed by atoms with Gasteiger partial charge in [-0.25, -0.2) is 0 Å². The van der Waals surface area contributed by atoms with Crippen LogP contribution < -0.4 is 11.2 Å². The number of hydrogen-bond acceptors (Lipinski definition) is 3. The molecular weight excluding hydrogens is 204 g/mol. The van der Waals surface area contributed by atoms with E-state index in [4.69, 9.17) is 10.6 Å². The highest BCUT2D eigenvalue weighted by Gasteiger charge is 2.30. The van der Waals surface area contributed by atoms with Crippen molar-refractivity contribution in [3.05, 3.63) is 0 Å². The van der Waals surface area contributed by atoms with E-state index in [0.717, 1.165) is 12.3 Å². The minimum atomic E-state index is -0.433. The van der Waals surface area contributed by atoms with Gasteiger partial charge in [0.15, 0.2) is 0 Å². The molecule has 1 fully saturated rings. The van der Waals surface area contributed by atoms with Crippen LogP contribution in [0.25, 0.3) is 0 Å². The van der Waals surface area contributed by atoms with Gasteiger partial charge in [-0.05, 0) is 30.6 Å². The van der Waals surface area contributed by atoms with Crippen molar-refractivity contribution < 1.29 is 9.63 Å². The lowest BCUT2D eigenvalue weighted by atomic mass is 9.74. The van der Waals surface area contributed by atoms with Gasteiger partial charge in [0.1, 0.15) is 6.61 Å². The third-order valence-corrected chi connectivity index (χ3v) is 3.47. The van der Waals surface area contributed by atoms with Crippen LogP contribution in [0.5, 0.6) is 0 Å². The summed E-state index contributed by atoms with van der Waals surface area (Å²) in [6.45, 7) is 6.70. The molecule has 0 aliphatic heterocycles. The molecule has 0 heterocycles. The van der Waals surface area contributed by atoms with E-state index in [-0.39, 0.29) is 6.61 Å². The van der Waals surface area contributed by atoms with E-state index in [9.17, 15) is 4.79 Å². The van der Waals surface area contributed by atoms with Crippen molar-refractivity contribution in [2.75, 3.05) is 6.61 Å². The Morgan fingerprint density at radius 2 is 2.19 bits per heavy atom. The maximum atomic E-state index is 10.6. The summed E-state index contributed by atoms with van der Waals surface area (Å²) in [6, 6.07) is 0.350. The number of primary amides is 1. The Labute approximate surface area is 97.9 Å². The van der Waals surface area contributed by atoms with E-state index in [0.29, 0.717) is 17.9 Å². The average molecular weight is 228 g/mol. The molecule has 0 aromatic heterocycles. The Balaban J connectivity index is 2.41. The maximum Gasteiger partial charge on any atom is 0.245 e. The van der Waals surface area contributed by atoms with Gasteiger partial charge in [0.2, 0.25) is 5.91 Å². The fourth-order valence-electron chi connectivity index (χ4n) is 2.56. The molecule has 0 aromatic rings. The quantitative estimate of drug-likeness (QED) is 0.700. The highest BCUT2D eigenvalue weighted by molar-refractivity contribution is 5.74. The fourth-order valence-corrected chi connectivity index (χ4v) is 2.56. The smallest absolute Gasteiger partial charge is 0.245 e. The molecule has 1 aliphatic carbocycles. The molecule has 94 valence electrons. The Kier molecular flexibility index (Phi) is 5.22. The van der Waals surface area contributed by atoms with Crippen LogP contribution in [-0.4, -0.2) is 18.6 Å². The Bertz CT molecular complexity index is 231. The third-order valence-electron chi connectivity index (χ3n) is 3.47. The lowest BCUT2D eigenvalue weighted by Gasteiger charge is -2.37. The second-order valence-corrected chi connectivity index (χ2v) is 5.31. The number of carbonyl (C=O) groups excluding carboxylic acids is 1. The molecule has 0 radical (unpaired) electrons. The fraction of sp³-hybridized carbons (Fsp3) is 0.917. The molecule has 0 aromatic carbocycles. The van der Waals surface area contributed by atoms with Crippen molar-refractivity contribution >= 4 is 5.91 Å². The predicted molar refractivity (Wildman–Crippen MR) is 63.4 cm³/mol. The first kappa shape index (κ1) is 13.5. The molecule has 1 aliphatic rings. The van der Waals surface area contributed by atoms with Crippen molar-refractivity contribution in [2.45, 2.75) is 46.1 Å². The number of hydroxylamine groups is 1. The summed E-state index contributed by atoms with van der Waals surface area (Å²) >= 11 is 0. The van der Waals surface area contributed by atoms with Crippen LogP contribution in [0.3, 0.4) is 0 Å². The van der Waals surface area contributed by atoms with Crippen LogP contribution in [0.4, 0.5) is 0 Å². The van der Waals surface area contributed by atoms with Crippen molar-refractivity contribution in [2.24, 2.45) is 23.5 Å². The van der Waals surface area contributed by atoms with Gasteiger partial charge in [0.05, 0.1) is 0 Å². The summed E-state index contributed by atoms with van der Waals surface area (Å²) in [6.07, 6.45) is 3.63. The SMILES string of the molecule is CC1CCC(C(C)C)C(NOCC(N)=O)C1. The first-order valence-electron chi connectivity index (χ1n) is 6.16. The molecule has 16 heavy (non-hydrogen) atoms. The van der Waals surface area contributed by atoms with E-state index in [1.54, 1.807) is 0 Å². The Hall–Kier alpha value is -0.610. The number of nitrogens with two attached hydrogens (primary N) is 1. The van der Waals surface area contributed by atoms with Gasteiger partial charge in [-0.15, -0.1) is 0 Å². The number of amides is 1. The second kappa shape index (κ2) is 6.21. The highest BCUT2D eigenvalue weighted by atomic mass is 16.6. The molecule has 1 rings (SSSR count). The largest absolute Gasteiger partial charge is 0.368 e. The zero-order valence-corrected chi connectivity index (χ0v) is 10.5. The number of hydrogen-bond donors (Lipinski definition) is 2. The summed E-state index contributed by atoms with van der Waals surface area (Å²) in [5, 5.41) is 0. The molecule has 1 saturated carbocycles. The minimum absolute atomic E-state index is 0.0459. The molecule has 1 amide bonds. The zero-order valence-electron chi connectivity index (χ0n) is 10.5. The monoisotopic (exact) mass is 228 g/mol. The Morgan fingerprint density at radius 3 is 2.75 bits per heavy atom. The van der Waals surface area contributed by atoms with Gasteiger partial charge >= 0.3 is 0 Å². The van der Waals surface area contributed by atoms with Crippen molar-refractivity contribution in [3.63, 3.8) is 0 Å². The van der Waals surface area contributed by atoms with E-state index < -0.39 is 5.91 Å². The maximum absolute atomic E-state index is 10.6. The van der Waals surface area contributed by atoms with Gasteiger partial charge in [0.25, 0.3) is 0 Å². The van der Waals surface area contributed by atoms with Crippen LogP contribution in [0, 0.1) is 17.8 Å². The van der Waals surface area contributed by atoms with Crippen LogP contribution in [0.15, 0.2) is 0 Å². The van der Waals surface area contributed by atoms with Crippen molar-refractivity contribution in [1.29, 1.82) is 0 Å². The molecule has 0 saturated heterocycles. The Morgan fingerprint density at radius 1 is 1.50 bits per heavy atom. The third kappa shape index (κ3) is 4.10. The minimum Gasteiger partial charge on any atom is -0.368 e. The summed E-state index contributed by atoms with van der Waals surface area (Å²) < 4.78 is 0. The zero-order chi connectivity index (χ0) is 12.1. The number of nitrogens with one attached hydrogen (secondary N) is 1. The molecule has 0 bridgehead atoms. The van der Waals surface area contributed by atoms with Crippen LogP contribution in [0.2, 0.25) is 0 Å². The van der Waals surface area contributed by atoms with Crippen LogP contribution in [-0.2, 0) is 9.63 Å². The van der Waals surface area contributed by atoms with E-state index in [2.05, 4.69) is 26.3 Å². The van der Waals surface area contributed by atoms with Gasteiger partial charge in [-0.2, -0.15) is 5.48 Å². The highest BCUT2D eigenvalue weighted by Crippen LogP contribution is 2.33. The molecule has 0 spiro atoms. The molecule has 3 atom stereocenters. The normalized spacial score (nSPS) is 30.6. The first-order valence-corrected chi connectivity index (χ1v) is 6.16. The van der Waals surface area contributed by atoms with Gasteiger partial charge < -0.3 is 5.73 Å². The lowest BCUT2D eigenvalue weighted by molar-refractivity contribution is -0.127. The summed E-state index contributed by atoms with van der Waals surface area (Å²) in [7, 11) is 0. The van der Waals surface area contributed by atoms with Crippen molar-refractivity contribution in [3.8, 4) is 0 Å².